The van der Waals surface area contributed by atoms with Crippen LogP contribution in [0.1, 0.15) is 11.1 Å². The van der Waals surface area contributed by atoms with Crippen molar-refractivity contribution in [2.75, 3.05) is 26.0 Å². The van der Waals surface area contributed by atoms with Gasteiger partial charge in [-0.3, -0.25) is 10.1 Å². The summed E-state index contributed by atoms with van der Waals surface area (Å²) >= 11 is 0. The zero-order chi connectivity index (χ0) is 17.5. The molecule has 0 aromatic heterocycles. The van der Waals surface area contributed by atoms with Gasteiger partial charge >= 0.3 is 0 Å². The number of anilines is 1. The summed E-state index contributed by atoms with van der Waals surface area (Å²) in [5, 5.41) is 23.2. The predicted octanol–water partition coefficient (Wildman–Crippen LogP) is 3.05. The average Bonchev–Trinajstić information content (AvgIpc) is 2.58. The van der Waals surface area contributed by atoms with Gasteiger partial charge < -0.3 is 10.2 Å². The third kappa shape index (κ3) is 4.54. The molecule has 0 saturated carbocycles. The SMILES string of the molecule is CN(C)C(CNc1ccc([N+](=O)[O-])c(C#N)c1)Cc1ccccc1. The Hall–Kier alpha value is -2.91. The Balaban J connectivity index is 2.07. The van der Waals surface area contributed by atoms with Gasteiger partial charge in [0.15, 0.2) is 0 Å². The Kier molecular flexibility index (Phi) is 5.88. The normalized spacial score (nSPS) is 11.8. The topological polar surface area (TPSA) is 82.2 Å². The van der Waals surface area contributed by atoms with E-state index < -0.39 is 4.92 Å². The van der Waals surface area contributed by atoms with Crippen LogP contribution in [0.5, 0.6) is 0 Å². The smallest absolute Gasteiger partial charge is 0.287 e. The summed E-state index contributed by atoms with van der Waals surface area (Å²) < 4.78 is 0. The van der Waals surface area contributed by atoms with Gasteiger partial charge in [0.2, 0.25) is 0 Å². The van der Waals surface area contributed by atoms with Gasteiger partial charge in [0.05, 0.1) is 4.92 Å². The van der Waals surface area contributed by atoms with Crippen LogP contribution < -0.4 is 5.32 Å². The fourth-order valence-electron chi connectivity index (χ4n) is 2.45. The molecule has 2 aromatic rings. The highest BCUT2D eigenvalue weighted by atomic mass is 16.6. The maximum absolute atomic E-state index is 10.9. The molecular weight excluding hydrogens is 304 g/mol. The molecule has 0 aliphatic heterocycles. The predicted molar refractivity (Wildman–Crippen MR) is 93.9 cm³/mol. The number of benzene rings is 2. The van der Waals surface area contributed by atoms with Gasteiger partial charge in [0, 0.05) is 24.3 Å². The molecule has 0 aliphatic rings. The Labute approximate surface area is 141 Å². The van der Waals surface area contributed by atoms with Crippen molar-refractivity contribution in [1.29, 1.82) is 5.26 Å². The highest BCUT2D eigenvalue weighted by Crippen LogP contribution is 2.22. The van der Waals surface area contributed by atoms with E-state index in [1.807, 2.05) is 38.4 Å². The van der Waals surface area contributed by atoms with Crippen LogP contribution in [-0.4, -0.2) is 36.5 Å². The second kappa shape index (κ2) is 8.09. The van der Waals surface area contributed by atoms with Crippen molar-refractivity contribution in [3.8, 4) is 6.07 Å². The van der Waals surface area contributed by atoms with E-state index in [0.29, 0.717) is 12.2 Å². The van der Waals surface area contributed by atoms with E-state index in [1.165, 1.54) is 17.7 Å². The lowest BCUT2D eigenvalue weighted by Gasteiger charge is -2.25. The van der Waals surface area contributed by atoms with Crippen LogP contribution in [0, 0.1) is 21.4 Å². The number of hydrogen-bond donors (Lipinski definition) is 1. The van der Waals surface area contributed by atoms with Crippen molar-refractivity contribution in [2.45, 2.75) is 12.5 Å². The highest BCUT2D eigenvalue weighted by molar-refractivity contribution is 5.58. The summed E-state index contributed by atoms with van der Waals surface area (Å²) in [6.45, 7) is 0.671. The largest absolute Gasteiger partial charge is 0.383 e. The van der Waals surface area contributed by atoms with Crippen LogP contribution in [0.15, 0.2) is 48.5 Å². The van der Waals surface area contributed by atoms with E-state index in [4.69, 9.17) is 5.26 Å². The van der Waals surface area contributed by atoms with Crippen LogP contribution in [-0.2, 0) is 6.42 Å². The third-order valence-corrected chi connectivity index (χ3v) is 3.90. The fraction of sp³-hybridized carbons (Fsp3) is 0.278. The average molecular weight is 324 g/mol. The first-order valence-corrected chi connectivity index (χ1v) is 7.64. The lowest BCUT2D eigenvalue weighted by molar-refractivity contribution is -0.385. The van der Waals surface area contributed by atoms with E-state index in [0.717, 1.165) is 6.42 Å². The zero-order valence-corrected chi connectivity index (χ0v) is 13.8. The van der Waals surface area contributed by atoms with E-state index in [2.05, 4.69) is 22.3 Å². The molecule has 1 unspecified atom stereocenters. The monoisotopic (exact) mass is 324 g/mol. The zero-order valence-electron chi connectivity index (χ0n) is 13.8. The summed E-state index contributed by atoms with van der Waals surface area (Å²) in [5.74, 6) is 0. The van der Waals surface area contributed by atoms with Crippen LogP contribution in [0.25, 0.3) is 0 Å². The van der Waals surface area contributed by atoms with Gasteiger partial charge in [-0.15, -0.1) is 0 Å². The van der Waals surface area contributed by atoms with Gasteiger partial charge in [-0.1, -0.05) is 30.3 Å². The van der Waals surface area contributed by atoms with Gasteiger partial charge in [-0.05, 0) is 38.2 Å². The number of nitro benzene ring substituents is 1. The van der Waals surface area contributed by atoms with Crippen molar-refractivity contribution in [3.63, 3.8) is 0 Å². The maximum atomic E-state index is 10.9. The molecule has 24 heavy (non-hydrogen) atoms. The molecular formula is C18H20N4O2. The van der Waals surface area contributed by atoms with E-state index in [-0.39, 0.29) is 17.3 Å². The van der Waals surface area contributed by atoms with Gasteiger partial charge in [-0.2, -0.15) is 5.26 Å². The first-order chi connectivity index (χ1) is 11.5. The van der Waals surface area contributed by atoms with Crippen LogP contribution in [0.2, 0.25) is 0 Å². The first-order valence-electron chi connectivity index (χ1n) is 7.64. The minimum absolute atomic E-state index is 0.0643. The second-order valence-corrected chi connectivity index (χ2v) is 5.79. The second-order valence-electron chi connectivity index (χ2n) is 5.79. The standard InChI is InChI=1S/C18H20N4O2/c1-21(2)17(10-14-6-4-3-5-7-14)13-20-16-8-9-18(22(23)24)15(11-16)12-19/h3-9,11,17,20H,10,13H2,1-2H3. The quantitative estimate of drug-likeness (QED) is 0.625. The fourth-order valence-corrected chi connectivity index (χ4v) is 2.45. The van der Waals surface area contributed by atoms with Gasteiger partial charge in [0.25, 0.3) is 5.69 Å². The van der Waals surface area contributed by atoms with E-state index in [9.17, 15) is 10.1 Å². The molecule has 1 N–H and O–H groups in total. The highest BCUT2D eigenvalue weighted by Gasteiger charge is 2.15. The molecule has 1 atom stereocenters. The Morgan fingerprint density at radius 2 is 1.96 bits per heavy atom. The summed E-state index contributed by atoms with van der Waals surface area (Å²) in [6, 6.07) is 16.9. The molecule has 124 valence electrons. The number of nitrogens with one attached hydrogen (secondary N) is 1. The maximum Gasteiger partial charge on any atom is 0.287 e. The molecule has 6 heteroatoms. The number of likely N-dealkylation sites (N-methyl/N-ethyl adjacent to an activating group) is 1. The summed E-state index contributed by atoms with van der Waals surface area (Å²) in [5.41, 5.74) is 1.85. The molecule has 0 heterocycles. The molecule has 2 aromatic carbocycles. The molecule has 0 bridgehead atoms. The summed E-state index contributed by atoms with van der Waals surface area (Å²) in [6.07, 6.45) is 0.888. The van der Waals surface area contributed by atoms with Crippen LogP contribution in [0.4, 0.5) is 11.4 Å². The minimum atomic E-state index is -0.541. The Morgan fingerprint density at radius 1 is 1.25 bits per heavy atom. The van der Waals surface area contributed by atoms with Gasteiger partial charge in [-0.25, -0.2) is 0 Å². The molecule has 2 rings (SSSR count). The minimum Gasteiger partial charge on any atom is -0.383 e. The van der Waals surface area contributed by atoms with Crippen LogP contribution >= 0.6 is 0 Å². The van der Waals surface area contributed by atoms with Crippen molar-refractivity contribution in [3.05, 3.63) is 69.8 Å². The van der Waals surface area contributed by atoms with Crippen molar-refractivity contribution >= 4 is 11.4 Å². The number of nitro groups is 1. The third-order valence-electron chi connectivity index (χ3n) is 3.90. The van der Waals surface area contributed by atoms with Gasteiger partial charge in [0.1, 0.15) is 11.6 Å². The first kappa shape index (κ1) is 17.4. The number of rotatable bonds is 7. The van der Waals surface area contributed by atoms with E-state index >= 15 is 0 Å². The summed E-state index contributed by atoms with van der Waals surface area (Å²) in [7, 11) is 4.04. The lowest BCUT2D eigenvalue weighted by Crippen LogP contribution is -2.36. The van der Waals surface area contributed by atoms with Crippen LogP contribution in [0.3, 0.4) is 0 Å². The molecule has 0 amide bonds. The molecule has 0 saturated heterocycles. The molecule has 0 spiro atoms. The van der Waals surface area contributed by atoms with Crippen molar-refractivity contribution in [1.82, 2.24) is 4.90 Å². The molecule has 0 fully saturated rings. The van der Waals surface area contributed by atoms with Crippen molar-refractivity contribution < 1.29 is 4.92 Å². The van der Waals surface area contributed by atoms with E-state index in [1.54, 1.807) is 6.07 Å². The Morgan fingerprint density at radius 3 is 2.54 bits per heavy atom. The Bertz CT molecular complexity index is 738. The number of hydrogen-bond acceptors (Lipinski definition) is 5. The number of nitrogens with zero attached hydrogens (tertiary/aromatic N) is 3. The summed E-state index contributed by atoms with van der Waals surface area (Å²) in [4.78, 5) is 12.5. The molecule has 6 nitrogen and oxygen atoms in total. The lowest BCUT2D eigenvalue weighted by atomic mass is 10.0. The number of nitriles is 1. The molecule has 0 aliphatic carbocycles. The molecule has 0 radical (unpaired) electrons. The van der Waals surface area contributed by atoms with Crippen molar-refractivity contribution in [2.24, 2.45) is 0 Å².